The van der Waals surface area contributed by atoms with Gasteiger partial charge in [-0.3, -0.25) is 11.3 Å². The van der Waals surface area contributed by atoms with Gasteiger partial charge in [0.2, 0.25) is 0 Å². The van der Waals surface area contributed by atoms with Crippen LogP contribution in [0.5, 0.6) is 0 Å². The lowest BCUT2D eigenvalue weighted by Crippen LogP contribution is -2.52. The molecule has 3 nitrogen and oxygen atoms in total. The average molecular weight is 184 g/mol. The standard InChI is InChI=1S/C10H20N2O/c1-5-8-9(12-11)10(4,6-2)13-7-3/h1,9,12H,6-8,11H2,2-4H3. The molecule has 0 aliphatic rings. The van der Waals surface area contributed by atoms with Crippen molar-refractivity contribution in [3.8, 4) is 12.3 Å². The lowest BCUT2D eigenvalue weighted by atomic mass is 9.91. The normalized spacial score (nSPS) is 17.5. The van der Waals surface area contributed by atoms with Crippen LogP contribution in [0, 0.1) is 12.3 Å². The summed E-state index contributed by atoms with van der Waals surface area (Å²) in [6.45, 7) is 6.74. The van der Waals surface area contributed by atoms with Crippen LogP contribution in [0.25, 0.3) is 0 Å². The zero-order valence-electron chi connectivity index (χ0n) is 8.76. The molecular weight excluding hydrogens is 164 g/mol. The van der Waals surface area contributed by atoms with Crippen molar-refractivity contribution in [2.24, 2.45) is 5.84 Å². The van der Waals surface area contributed by atoms with E-state index in [9.17, 15) is 0 Å². The maximum absolute atomic E-state index is 5.65. The Morgan fingerprint density at radius 3 is 2.54 bits per heavy atom. The second kappa shape index (κ2) is 5.98. The Morgan fingerprint density at radius 1 is 1.62 bits per heavy atom. The minimum Gasteiger partial charge on any atom is -0.374 e. The van der Waals surface area contributed by atoms with Crippen molar-refractivity contribution in [1.82, 2.24) is 5.43 Å². The highest BCUT2D eigenvalue weighted by Gasteiger charge is 2.31. The summed E-state index contributed by atoms with van der Waals surface area (Å²) < 4.78 is 5.65. The molecule has 0 aliphatic carbocycles. The number of rotatable bonds is 6. The fourth-order valence-corrected chi connectivity index (χ4v) is 1.35. The van der Waals surface area contributed by atoms with Gasteiger partial charge in [-0.1, -0.05) is 6.92 Å². The fraction of sp³-hybridized carbons (Fsp3) is 0.800. The van der Waals surface area contributed by atoms with Gasteiger partial charge in [-0.15, -0.1) is 12.3 Å². The molecule has 0 amide bonds. The van der Waals surface area contributed by atoms with Crippen LogP contribution in [0.15, 0.2) is 0 Å². The van der Waals surface area contributed by atoms with E-state index in [4.69, 9.17) is 17.0 Å². The third-order valence-corrected chi connectivity index (χ3v) is 2.44. The highest BCUT2D eigenvalue weighted by molar-refractivity contribution is 4.97. The summed E-state index contributed by atoms with van der Waals surface area (Å²) in [6.07, 6.45) is 6.72. The molecule has 0 aromatic carbocycles. The Bertz CT molecular complexity index is 176. The number of nitrogens with two attached hydrogens (primary N) is 1. The molecule has 2 atom stereocenters. The van der Waals surface area contributed by atoms with E-state index in [0.29, 0.717) is 13.0 Å². The maximum atomic E-state index is 5.65. The van der Waals surface area contributed by atoms with Gasteiger partial charge < -0.3 is 4.74 Å². The zero-order chi connectivity index (χ0) is 10.3. The Hall–Kier alpha value is -0.560. The molecule has 0 saturated heterocycles. The zero-order valence-corrected chi connectivity index (χ0v) is 8.76. The monoisotopic (exact) mass is 184 g/mol. The quantitative estimate of drug-likeness (QED) is 0.368. The van der Waals surface area contributed by atoms with Gasteiger partial charge in [0.1, 0.15) is 0 Å². The van der Waals surface area contributed by atoms with Crippen LogP contribution in [0.3, 0.4) is 0 Å². The van der Waals surface area contributed by atoms with Crippen molar-refractivity contribution in [1.29, 1.82) is 0 Å². The molecule has 0 heterocycles. The highest BCUT2D eigenvalue weighted by Crippen LogP contribution is 2.21. The molecule has 0 fully saturated rings. The summed E-state index contributed by atoms with van der Waals surface area (Å²) in [5, 5.41) is 0. The van der Waals surface area contributed by atoms with Gasteiger partial charge in [0.25, 0.3) is 0 Å². The molecular formula is C10H20N2O. The largest absolute Gasteiger partial charge is 0.374 e. The SMILES string of the molecule is C#CCC(NN)C(C)(CC)OCC. The molecule has 2 unspecified atom stereocenters. The predicted molar refractivity (Wildman–Crippen MR) is 54.9 cm³/mol. The van der Waals surface area contributed by atoms with Crippen LogP contribution in [-0.4, -0.2) is 18.2 Å². The summed E-state index contributed by atoms with van der Waals surface area (Å²) >= 11 is 0. The van der Waals surface area contributed by atoms with E-state index >= 15 is 0 Å². The first kappa shape index (κ1) is 12.4. The van der Waals surface area contributed by atoms with E-state index in [0.717, 1.165) is 6.42 Å². The third kappa shape index (κ3) is 3.35. The minimum absolute atomic E-state index is 0.0162. The molecule has 3 heteroatoms. The van der Waals surface area contributed by atoms with Gasteiger partial charge in [0.05, 0.1) is 11.6 Å². The van der Waals surface area contributed by atoms with Crippen molar-refractivity contribution < 1.29 is 4.74 Å². The number of hydrazine groups is 1. The number of ether oxygens (including phenoxy) is 1. The Morgan fingerprint density at radius 2 is 2.23 bits per heavy atom. The molecule has 0 aromatic rings. The van der Waals surface area contributed by atoms with E-state index in [2.05, 4.69) is 18.3 Å². The highest BCUT2D eigenvalue weighted by atomic mass is 16.5. The molecule has 0 rings (SSSR count). The minimum atomic E-state index is -0.268. The lowest BCUT2D eigenvalue weighted by molar-refractivity contribution is -0.0540. The Kier molecular flexibility index (Phi) is 5.72. The summed E-state index contributed by atoms with van der Waals surface area (Å²) in [5.74, 6) is 8.02. The summed E-state index contributed by atoms with van der Waals surface area (Å²) in [5.41, 5.74) is 2.44. The molecule has 0 aliphatic heterocycles. The van der Waals surface area contributed by atoms with Crippen molar-refractivity contribution in [2.75, 3.05) is 6.61 Å². The van der Waals surface area contributed by atoms with Crippen LogP contribution in [-0.2, 0) is 4.74 Å². The van der Waals surface area contributed by atoms with Crippen LogP contribution in [0.2, 0.25) is 0 Å². The van der Waals surface area contributed by atoms with E-state index in [1.165, 1.54) is 0 Å². The van der Waals surface area contributed by atoms with Gasteiger partial charge in [-0.2, -0.15) is 0 Å². The molecule has 0 aromatic heterocycles. The van der Waals surface area contributed by atoms with Crippen molar-refractivity contribution in [3.63, 3.8) is 0 Å². The van der Waals surface area contributed by atoms with Crippen LogP contribution in [0.4, 0.5) is 0 Å². The van der Waals surface area contributed by atoms with E-state index in [1.54, 1.807) is 0 Å². The fourth-order valence-electron chi connectivity index (χ4n) is 1.35. The Labute approximate surface area is 81.0 Å². The molecule has 0 saturated carbocycles. The summed E-state index contributed by atoms with van der Waals surface area (Å²) in [6, 6.07) is 0.0162. The third-order valence-electron chi connectivity index (χ3n) is 2.44. The van der Waals surface area contributed by atoms with Crippen LogP contribution < -0.4 is 11.3 Å². The topological polar surface area (TPSA) is 47.3 Å². The molecule has 13 heavy (non-hydrogen) atoms. The first-order chi connectivity index (χ1) is 6.14. The van der Waals surface area contributed by atoms with E-state index in [1.807, 2.05) is 13.8 Å². The molecule has 0 bridgehead atoms. The summed E-state index contributed by atoms with van der Waals surface area (Å²) in [4.78, 5) is 0. The molecule has 76 valence electrons. The maximum Gasteiger partial charge on any atom is 0.0826 e. The molecule has 3 N–H and O–H groups in total. The predicted octanol–water partition coefficient (Wildman–Crippen LogP) is 1.05. The van der Waals surface area contributed by atoms with E-state index in [-0.39, 0.29) is 11.6 Å². The smallest absolute Gasteiger partial charge is 0.0826 e. The van der Waals surface area contributed by atoms with Gasteiger partial charge in [-0.25, -0.2) is 0 Å². The number of hydrogen-bond donors (Lipinski definition) is 2. The second-order valence-corrected chi connectivity index (χ2v) is 3.23. The number of nitrogens with one attached hydrogen (secondary N) is 1. The van der Waals surface area contributed by atoms with Crippen LogP contribution in [0.1, 0.15) is 33.6 Å². The van der Waals surface area contributed by atoms with Crippen molar-refractivity contribution in [3.05, 3.63) is 0 Å². The summed E-state index contributed by atoms with van der Waals surface area (Å²) in [7, 11) is 0. The van der Waals surface area contributed by atoms with E-state index < -0.39 is 0 Å². The first-order valence-electron chi connectivity index (χ1n) is 4.68. The number of hydrogen-bond acceptors (Lipinski definition) is 3. The molecule has 0 spiro atoms. The number of terminal acetylenes is 1. The van der Waals surface area contributed by atoms with Crippen molar-refractivity contribution >= 4 is 0 Å². The second-order valence-electron chi connectivity index (χ2n) is 3.23. The van der Waals surface area contributed by atoms with Gasteiger partial charge >= 0.3 is 0 Å². The first-order valence-corrected chi connectivity index (χ1v) is 4.68. The van der Waals surface area contributed by atoms with Gasteiger partial charge in [0, 0.05) is 13.0 Å². The van der Waals surface area contributed by atoms with Gasteiger partial charge in [-0.05, 0) is 20.3 Å². The van der Waals surface area contributed by atoms with Crippen molar-refractivity contribution in [2.45, 2.75) is 45.3 Å². The Balaban J connectivity index is 4.40. The van der Waals surface area contributed by atoms with Gasteiger partial charge in [0.15, 0.2) is 0 Å². The molecule has 0 radical (unpaired) electrons. The average Bonchev–Trinajstić information content (AvgIpc) is 2.14. The lowest BCUT2D eigenvalue weighted by Gasteiger charge is -2.35. The van der Waals surface area contributed by atoms with Crippen LogP contribution >= 0.6 is 0 Å².